The molecule has 1 aromatic heterocycles. The van der Waals surface area contributed by atoms with Crippen molar-refractivity contribution in [3.63, 3.8) is 0 Å². The monoisotopic (exact) mass is 255 g/mol. The first-order chi connectivity index (χ1) is 8.16. The molecule has 0 saturated carbocycles. The Labute approximate surface area is 105 Å². The third-order valence-corrected chi connectivity index (χ3v) is 4.12. The van der Waals surface area contributed by atoms with Gasteiger partial charge in [-0.25, -0.2) is 4.79 Å². The van der Waals surface area contributed by atoms with Crippen LogP contribution in [0.2, 0.25) is 0 Å². The number of thiophene rings is 1. The van der Waals surface area contributed by atoms with Crippen LogP contribution in [0.4, 0.5) is 5.00 Å². The van der Waals surface area contributed by atoms with Gasteiger partial charge in [-0.3, -0.25) is 0 Å². The highest BCUT2D eigenvalue weighted by molar-refractivity contribution is 7.17. The lowest BCUT2D eigenvalue weighted by molar-refractivity contribution is 0.0217. The molecule has 0 radical (unpaired) electrons. The lowest BCUT2D eigenvalue weighted by Crippen LogP contribution is -2.32. The molecule has 2 rings (SSSR count). The number of hydrogen-bond donors (Lipinski definition) is 1. The molecule has 4 nitrogen and oxygen atoms in total. The molecular weight excluding hydrogens is 238 g/mol. The molecule has 1 fully saturated rings. The summed E-state index contributed by atoms with van der Waals surface area (Å²) in [6, 6.07) is 3.51. The average Bonchev–Trinajstić information content (AvgIpc) is 2.79. The minimum absolute atomic E-state index is 0.282. The molecule has 1 N–H and O–H groups in total. The zero-order valence-corrected chi connectivity index (χ0v) is 10.7. The number of anilines is 1. The van der Waals surface area contributed by atoms with Gasteiger partial charge in [0, 0.05) is 20.2 Å². The predicted octanol–water partition coefficient (Wildman–Crippen LogP) is 2.45. The van der Waals surface area contributed by atoms with E-state index in [4.69, 9.17) is 9.84 Å². The van der Waals surface area contributed by atoms with Gasteiger partial charge in [0.05, 0.1) is 11.1 Å². The Kier molecular flexibility index (Phi) is 4.02. The molecule has 0 aromatic carbocycles. The summed E-state index contributed by atoms with van der Waals surface area (Å²) in [6.45, 7) is 1.68. The van der Waals surface area contributed by atoms with E-state index in [0.29, 0.717) is 4.88 Å². The number of carboxylic acids is 1. The fourth-order valence-electron chi connectivity index (χ4n) is 1.99. The van der Waals surface area contributed by atoms with Gasteiger partial charge >= 0.3 is 5.97 Å². The van der Waals surface area contributed by atoms with Crippen LogP contribution in [-0.4, -0.2) is 37.4 Å². The summed E-state index contributed by atoms with van der Waals surface area (Å²) >= 11 is 1.31. The molecular formula is C12H17NO3S. The van der Waals surface area contributed by atoms with Crippen molar-refractivity contribution >= 4 is 22.3 Å². The van der Waals surface area contributed by atoms with Gasteiger partial charge in [0.2, 0.25) is 0 Å². The number of aromatic carboxylic acids is 1. The van der Waals surface area contributed by atoms with E-state index in [9.17, 15) is 4.79 Å². The molecule has 17 heavy (non-hydrogen) atoms. The van der Waals surface area contributed by atoms with Crippen LogP contribution >= 0.6 is 11.3 Å². The molecule has 2 heterocycles. The summed E-state index contributed by atoms with van der Waals surface area (Å²) in [5.41, 5.74) is 0. The second-order valence-electron chi connectivity index (χ2n) is 4.31. The maximum atomic E-state index is 10.8. The SMILES string of the molecule is CN(CC1CCCCO1)c1ccc(C(=O)O)s1. The Bertz CT molecular complexity index is 385. The first-order valence-electron chi connectivity index (χ1n) is 5.82. The Morgan fingerprint density at radius 3 is 3.00 bits per heavy atom. The van der Waals surface area contributed by atoms with E-state index < -0.39 is 5.97 Å². The van der Waals surface area contributed by atoms with Crippen LogP contribution in [0.5, 0.6) is 0 Å². The Hall–Kier alpha value is -1.07. The number of hydrogen-bond acceptors (Lipinski definition) is 4. The zero-order valence-electron chi connectivity index (χ0n) is 9.89. The van der Waals surface area contributed by atoms with Crippen LogP contribution in [-0.2, 0) is 4.74 Å². The minimum atomic E-state index is -0.858. The fraction of sp³-hybridized carbons (Fsp3) is 0.583. The van der Waals surface area contributed by atoms with Gasteiger partial charge < -0.3 is 14.7 Å². The second-order valence-corrected chi connectivity index (χ2v) is 5.37. The van der Waals surface area contributed by atoms with Crippen LogP contribution in [0.25, 0.3) is 0 Å². The maximum Gasteiger partial charge on any atom is 0.345 e. The van der Waals surface area contributed by atoms with Crippen LogP contribution < -0.4 is 4.90 Å². The van der Waals surface area contributed by atoms with Crippen molar-refractivity contribution in [2.24, 2.45) is 0 Å². The zero-order chi connectivity index (χ0) is 12.3. The molecule has 0 spiro atoms. The molecule has 1 aliphatic rings. The number of nitrogens with zero attached hydrogens (tertiary/aromatic N) is 1. The predicted molar refractivity (Wildman–Crippen MR) is 68.1 cm³/mol. The van der Waals surface area contributed by atoms with E-state index in [1.165, 1.54) is 17.8 Å². The summed E-state index contributed by atoms with van der Waals surface area (Å²) < 4.78 is 5.67. The van der Waals surface area contributed by atoms with E-state index in [1.54, 1.807) is 6.07 Å². The highest BCUT2D eigenvalue weighted by atomic mass is 32.1. The van der Waals surface area contributed by atoms with Crippen molar-refractivity contribution in [3.8, 4) is 0 Å². The molecule has 1 aliphatic heterocycles. The fourth-order valence-corrected chi connectivity index (χ4v) is 2.81. The Morgan fingerprint density at radius 2 is 2.41 bits per heavy atom. The molecule has 1 saturated heterocycles. The van der Waals surface area contributed by atoms with Crippen LogP contribution in [0.1, 0.15) is 28.9 Å². The van der Waals surface area contributed by atoms with Crippen molar-refractivity contribution in [1.82, 2.24) is 0 Å². The first kappa shape index (κ1) is 12.4. The minimum Gasteiger partial charge on any atom is -0.477 e. The van der Waals surface area contributed by atoms with Crippen molar-refractivity contribution in [1.29, 1.82) is 0 Å². The van der Waals surface area contributed by atoms with E-state index in [-0.39, 0.29) is 6.10 Å². The lowest BCUT2D eigenvalue weighted by atomic mass is 10.1. The van der Waals surface area contributed by atoms with Crippen LogP contribution in [0.3, 0.4) is 0 Å². The average molecular weight is 255 g/mol. The lowest BCUT2D eigenvalue weighted by Gasteiger charge is -2.27. The molecule has 0 aliphatic carbocycles. The molecule has 94 valence electrons. The summed E-state index contributed by atoms with van der Waals surface area (Å²) in [5, 5.41) is 9.85. The van der Waals surface area contributed by atoms with Gasteiger partial charge in [-0.05, 0) is 31.4 Å². The Balaban J connectivity index is 1.93. The van der Waals surface area contributed by atoms with Crippen molar-refractivity contribution in [2.75, 3.05) is 25.1 Å². The molecule has 1 atom stereocenters. The maximum absolute atomic E-state index is 10.8. The van der Waals surface area contributed by atoms with Gasteiger partial charge in [0.25, 0.3) is 0 Å². The van der Waals surface area contributed by atoms with Gasteiger partial charge in [-0.2, -0.15) is 0 Å². The summed E-state index contributed by atoms with van der Waals surface area (Å²) in [4.78, 5) is 13.3. The first-order valence-corrected chi connectivity index (χ1v) is 6.64. The highest BCUT2D eigenvalue weighted by Gasteiger charge is 2.17. The standard InChI is InChI=1S/C12H17NO3S/c1-13(8-9-4-2-3-7-16-9)11-6-5-10(17-11)12(14)15/h5-6,9H,2-4,7-8H2,1H3,(H,14,15). The quantitative estimate of drug-likeness (QED) is 0.898. The number of likely N-dealkylation sites (N-methyl/N-ethyl adjacent to an activating group) is 1. The molecule has 5 heteroatoms. The molecule has 0 amide bonds. The van der Waals surface area contributed by atoms with E-state index >= 15 is 0 Å². The third kappa shape index (κ3) is 3.20. The van der Waals surface area contributed by atoms with E-state index in [1.807, 2.05) is 13.1 Å². The van der Waals surface area contributed by atoms with Gasteiger partial charge in [-0.15, -0.1) is 11.3 Å². The third-order valence-electron chi connectivity index (χ3n) is 2.93. The van der Waals surface area contributed by atoms with Crippen molar-refractivity contribution < 1.29 is 14.6 Å². The van der Waals surface area contributed by atoms with Crippen LogP contribution in [0, 0.1) is 0 Å². The van der Waals surface area contributed by atoms with E-state index in [0.717, 1.165) is 31.0 Å². The highest BCUT2D eigenvalue weighted by Crippen LogP contribution is 2.26. The van der Waals surface area contributed by atoms with Gasteiger partial charge in [0.1, 0.15) is 4.88 Å². The second kappa shape index (κ2) is 5.51. The normalized spacial score (nSPS) is 20.2. The Morgan fingerprint density at radius 1 is 1.59 bits per heavy atom. The number of rotatable bonds is 4. The largest absolute Gasteiger partial charge is 0.477 e. The summed E-state index contributed by atoms with van der Waals surface area (Å²) in [5.74, 6) is -0.858. The summed E-state index contributed by atoms with van der Waals surface area (Å²) in [6.07, 6.45) is 3.76. The smallest absolute Gasteiger partial charge is 0.345 e. The topological polar surface area (TPSA) is 49.8 Å². The molecule has 0 bridgehead atoms. The number of carbonyl (C=O) groups is 1. The van der Waals surface area contributed by atoms with E-state index in [2.05, 4.69) is 4.90 Å². The van der Waals surface area contributed by atoms with Crippen molar-refractivity contribution in [3.05, 3.63) is 17.0 Å². The van der Waals surface area contributed by atoms with Crippen molar-refractivity contribution in [2.45, 2.75) is 25.4 Å². The summed E-state index contributed by atoms with van der Waals surface area (Å²) in [7, 11) is 1.98. The van der Waals surface area contributed by atoms with Gasteiger partial charge in [-0.1, -0.05) is 0 Å². The molecule has 1 unspecified atom stereocenters. The molecule has 1 aromatic rings. The van der Waals surface area contributed by atoms with Gasteiger partial charge in [0.15, 0.2) is 0 Å². The number of carboxylic acid groups (broad SMARTS) is 1. The number of ether oxygens (including phenoxy) is 1. The van der Waals surface area contributed by atoms with Crippen LogP contribution in [0.15, 0.2) is 12.1 Å².